The summed E-state index contributed by atoms with van der Waals surface area (Å²) in [5, 5.41) is 0. The molecule has 0 rings (SSSR count). The summed E-state index contributed by atoms with van der Waals surface area (Å²) in [5.74, 6) is 0. The molecule has 0 radical (unpaired) electrons. The van der Waals surface area contributed by atoms with Crippen molar-refractivity contribution in [2.24, 2.45) is 5.73 Å². The molecule has 0 aliphatic rings. The first kappa shape index (κ1) is 11.3. The van der Waals surface area contributed by atoms with Crippen molar-refractivity contribution in [2.75, 3.05) is 0 Å². The van der Waals surface area contributed by atoms with Gasteiger partial charge in [-0.15, -0.1) is 12.6 Å². The molecular weight excluding hydrogens is 154 g/mol. The third kappa shape index (κ3) is 99.2. The molecule has 0 spiro atoms. The van der Waals surface area contributed by atoms with E-state index in [0.29, 0.717) is 0 Å². The van der Waals surface area contributed by atoms with Crippen LogP contribution in [0.5, 0.6) is 0 Å². The molecule has 0 fully saturated rings. The number of rotatable bonds is 2. The summed E-state index contributed by atoms with van der Waals surface area (Å²) in [5.41, 5.74) is 4.71. The lowest BCUT2D eigenvalue weighted by molar-refractivity contribution is 0.406. The zero-order valence-corrected chi connectivity index (χ0v) is 6.62. The third-order valence-corrected chi connectivity index (χ3v) is 0.192. The summed E-state index contributed by atoms with van der Waals surface area (Å²) in [6.07, 6.45) is 2.62. The Morgan fingerprint density at radius 1 is 1.56 bits per heavy atom. The van der Waals surface area contributed by atoms with E-state index >= 15 is 0 Å². The Morgan fingerprint density at radius 3 is 1.78 bits per heavy atom. The maximum Gasteiger partial charge on any atom is 0.128 e. The molecule has 0 aliphatic carbocycles. The molecule has 4 heteroatoms. The van der Waals surface area contributed by atoms with Gasteiger partial charge in [0.2, 0.25) is 0 Å². The molecule has 0 saturated carbocycles. The fourth-order valence-electron chi connectivity index (χ4n) is 0.0680. The quantitative estimate of drug-likeness (QED) is 0.367. The number of thiol groups is 1. The molecule has 0 aromatic carbocycles. The van der Waals surface area contributed by atoms with Crippen LogP contribution < -0.4 is 5.73 Å². The van der Waals surface area contributed by atoms with Gasteiger partial charge in [0.25, 0.3) is 0 Å². The number of nitrogens with two attached hydrogens (primary N) is 1. The van der Waals surface area contributed by atoms with Crippen LogP contribution in [-0.4, -0.2) is 4.32 Å². The maximum atomic E-state index is 4.71. The Bertz CT molecular complexity index is 93.1. The van der Waals surface area contributed by atoms with E-state index in [1.54, 1.807) is 0 Å². The zero-order valence-electron chi connectivity index (χ0n) is 4.91. The molecule has 2 N–H and O–H groups in total. The SMILES string of the molecule is C=COC=C.NC(=S)S. The molecule has 9 heavy (non-hydrogen) atoms. The summed E-state index contributed by atoms with van der Waals surface area (Å²) in [4.78, 5) is 0. The van der Waals surface area contributed by atoms with E-state index in [1.807, 2.05) is 0 Å². The highest BCUT2D eigenvalue weighted by Gasteiger charge is 1.55. The van der Waals surface area contributed by atoms with Gasteiger partial charge in [0.1, 0.15) is 4.32 Å². The van der Waals surface area contributed by atoms with E-state index in [9.17, 15) is 0 Å². The smallest absolute Gasteiger partial charge is 0.128 e. The van der Waals surface area contributed by atoms with E-state index in [0.717, 1.165) is 0 Å². The van der Waals surface area contributed by atoms with Crippen LogP contribution in [0.4, 0.5) is 0 Å². The summed E-state index contributed by atoms with van der Waals surface area (Å²) in [6, 6.07) is 0. The van der Waals surface area contributed by atoms with Crippen LogP contribution >= 0.6 is 24.8 Å². The van der Waals surface area contributed by atoms with Gasteiger partial charge in [-0.1, -0.05) is 25.4 Å². The Kier molecular flexibility index (Phi) is 13.2. The van der Waals surface area contributed by atoms with Crippen molar-refractivity contribution in [1.82, 2.24) is 0 Å². The molecule has 0 aromatic heterocycles. The fourth-order valence-corrected chi connectivity index (χ4v) is 0.0680. The summed E-state index contributed by atoms with van der Waals surface area (Å²) < 4.78 is 4.56. The molecule has 0 aliphatic heterocycles. The van der Waals surface area contributed by atoms with Crippen molar-refractivity contribution in [3.05, 3.63) is 25.7 Å². The largest absolute Gasteiger partial charge is 0.474 e. The standard InChI is InChI=1S/C4H6O.CH3NS2/c1-3-5-4-2;2-1(3)4/h3-4H,1-2H2;(H3,2,3,4). The minimum absolute atomic E-state index is 0.194. The molecule has 0 atom stereocenters. The predicted octanol–water partition coefficient (Wildman–Crippen LogP) is 1.45. The van der Waals surface area contributed by atoms with Gasteiger partial charge in [-0.25, -0.2) is 0 Å². The topological polar surface area (TPSA) is 35.2 Å². The Morgan fingerprint density at radius 2 is 1.78 bits per heavy atom. The van der Waals surface area contributed by atoms with Crippen molar-refractivity contribution in [2.45, 2.75) is 0 Å². The lowest BCUT2D eigenvalue weighted by atomic mass is 11.1. The number of hydrogen-bond donors (Lipinski definition) is 2. The summed E-state index contributed by atoms with van der Waals surface area (Å²) in [7, 11) is 0. The lowest BCUT2D eigenvalue weighted by Gasteiger charge is -1.76. The third-order valence-electron chi connectivity index (χ3n) is 0.192. The van der Waals surface area contributed by atoms with Crippen molar-refractivity contribution in [1.29, 1.82) is 0 Å². The minimum Gasteiger partial charge on any atom is -0.474 e. The second-order valence-corrected chi connectivity index (χ2v) is 2.03. The van der Waals surface area contributed by atoms with Crippen LogP contribution in [0.15, 0.2) is 25.7 Å². The molecule has 0 saturated heterocycles. The molecule has 0 bridgehead atoms. The van der Waals surface area contributed by atoms with Gasteiger partial charge in [-0.05, 0) is 0 Å². The van der Waals surface area contributed by atoms with E-state index in [-0.39, 0.29) is 4.32 Å². The molecule has 0 amide bonds. The molecule has 0 aromatic rings. The first-order chi connectivity index (χ1) is 4.15. The van der Waals surface area contributed by atoms with Crippen LogP contribution in [0.25, 0.3) is 0 Å². The summed E-state index contributed by atoms with van der Waals surface area (Å²) >= 11 is 7.65. The Balaban J connectivity index is 0. The average Bonchev–Trinajstić information content (AvgIpc) is 1.66. The predicted molar refractivity (Wildman–Crippen MR) is 47.3 cm³/mol. The molecule has 0 heterocycles. The minimum atomic E-state index is 0.194. The van der Waals surface area contributed by atoms with Crippen LogP contribution in [0.2, 0.25) is 0 Å². The second-order valence-electron chi connectivity index (χ2n) is 0.808. The second kappa shape index (κ2) is 10.5. The molecule has 52 valence electrons. The zero-order chi connectivity index (χ0) is 7.70. The van der Waals surface area contributed by atoms with Gasteiger partial charge in [0.05, 0.1) is 12.5 Å². The first-order valence-electron chi connectivity index (χ1n) is 2.00. The van der Waals surface area contributed by atoms with Crippen LogP contribution in [0.1, 0.15) is 0 Å². The lowest BCUT2D eigenvalue weighted by Crippen LogP contribution is -1.94. The Labute approximate surface area is 65.8 Å². The number of hydrogen-bond acceptors (Lipinski definition) is 2. The van der Waals surface area contributed by atoms with E-state index in [2.05, 4.69) is 42.7 Å². The van der Waals surface area contributed by atoms with Crippen LogP contribution in [0, 0.1) is 0 Å². The first-order valence-corrected chi connectivity index (χ1v) is 2.86. The van der Waals surface area contributed by atoms with Crippen LogP contribution in [0.3, 0.4) is 0 Å². The van der Waals surface area contributed by atoms with Crippen molar-refractivity contribution >= 4 is 29.2 Å². The maximum absolute atomic E-state index is 4.71. The monoisotopic (exact) mass is 163 g/mol. The van der Waals surface area contributed by atoms with Gasteiger partial charge in [0.15, 0.2) is 0 Å². The van der Waals surface area contributed by atoms with Gasteiger partial charge in [-0.3, -0.25) is 0 Å². The van der Waals surface area contributed by atoms with Gasteiger partial charge in [-0.2, -0.15) is 0 Å². The Hall–Kier alpha value is -0.480. The van der Waals surface area contributed by atoms with Crippen molar-refractivity contribution in [3.8, 4) is 0 Å². The van der Waals surface area contributed by atoms with Crippen molar-refractivity contribution in [3.63, 3.8) is 0 Å². The summed E-state index contributed by atoms with van der Waals surface area (Å²) in [6.45, 7) is 6.51. The number of thiocarbonyl (C=S) groups is 1. The molecule has 2 nitrogen and oxygen atoms in total. The van der Waals surface area contributed by atoms with Gasteiger partial charge < -0.3 is 10.5 Å². The highest BCUT2D eigenvalue weighted by Crippen LogP contribution is 1.65. The van der Waals surface area contributed by atoms with Crippen molar-refractivity contribution < 1.29 is 4.74 Å². The van der Waals surface area contributed by atoms with Crippen LogP contribution in [-0.2, 0) is 4.74 Å². The highest BCUT2D eigenvalue weighted by atomic mass is 32.1. The normalized spacial score (nSPS) is 5.89. The van der Waals surface area contributed by atoms with E-state index < -0.39 is 0 Å². The average molecular weight is 163 g/mol. The van der Waals surface area contributed by atoms with E-state index in [1.165, 1.54) is 12.5 Å². The molecular formula is C5H9NOS2. The van der Waals surface area contributed by atoms with E-state index in [4.69, 9.17) is 5.73 Å². The van der Waals surface area contributed by atoms with Gasteiger partial charge >= 0.3 is 0 Å². The fraction of sp³-hybridized carbons (Fsp3) is 0. The molecule has 0 unspecified atom stereocenters. The van der Waals surface area contributed by atoms with Gasteiger partial charge in [0, 0.05) is 0 Å². The number of ether oxygens (including phenoxy) is 1. The highest BCUT2D eigenvalue weighted by molar-refractivity contribution is 8.10.